The van der Waals surface area contributed by atoms with Crippen molar-refractivity contribution in [1.82, 2.24) is 0 Å². The summed E-state index contributed by atoms with van der Waals surface area (Å²) in [5.41, 5.74) is 0. The molecule has 0 fully saturated rings. The van der Waals surface area contributed by atoms with Crippen LogP contribution in [0.5, 0.6) is 0 Å². The summed E-state index contributed by atoms with van der Waals surface area (Å²) in [6.45, 7) is 11.0. The number of hydrogen-bond acceptors (Lipinski definition) is 0. The predicted molar refractivity (Wildman–Crippen MR) is 59.6 cm³/mol. The van der Waals surface area contributed by atoms with Crippen LogP contribution in [-0.4, -0.2) is 32.8 Å². The normalized spacial score (nSPS) is 15.9. The summed E-state index contributed by atoms with van der Waals surface area (Å²) in [6, 6.07) is 0. The van der Waals surface area contributed by atoms with Gasteiger partial charge in [0.1, 0.15) is 0 Å². The van der Waals surface area contributed by atoms with Crippen molar-refractivity contribution < 1.29 is 0 Å². The molecule has 70 valence electrons. The molecule has 0 aliphatic heterocycles. The minimum absolute atomic E-state index is 1.16. The molecule has 0 saturated carbocycles. The second-order valence-corrected chi connectivity index (χ2v) is 14.1. The molecule has 0 spiro atoms. The summed E-state index contributed by atoms with van der Waals surface area (Å²) in [4.78, 5) is 0. The third-order valence-electron chi connectivity index (χ3n) is 1.91. The van der Waals surface area contributed by atoms with Crippen molar-refractivity contribution in [2.75, 3.05) is 32.8 Å². The first kappa shape index (κ1) is 11.4. The number of unbranched alkanes of at least 4 members (excludes halogenated alkanes) is 3. The number of rotatable bonds is 5. The van der Waals surface area contributed by atoms with E-state index in [-0.39, 0.29) is 0 Å². The van der Waals surface area contributed by atoms with Gasteiger partial charge in [0.25, 0.3) is 0 Å². The molecule has 0 nitrogen and oxygen atoms in total. The zero-order chi connectivity index (χ0) is 8.98. The van der Waals surface area contributed by atoms with Crippen LogP contribution in [0.25, 0.3) is 0 Å². The summed E-state index contributed by atoms with van der Waals surface area (Å²) in [5, 5.41) is 0. The molecule has 0 unspecified atom stereocenters. The second kappa shape index (κ2) is 3.90. The molecule has 0 aromatic carbocycles. The Hall–Kier alpha value is 0.430. The van der Waals surface area contributed by atoms with E-state index in [2.05, 4.69) is 33.6 Å². The van der Waals surface area contributed by atoms with Crippen LogP contribution < -0.4 is 0 Å². The van der Waals surface area contributed by atoms with Crippen LogP contribution in [-0.2, 0) is 0 Å². The standard InChI is InChI=1S/C10H25P/c1-6-7-8-9-10-11(2,3,4)5/h6-10H2,1-5H3. The van der Waals surface area contributed by atoms with Gasteiger partial charge in [0.05, 0.1) is 0 Å². The van der Waals surface area contributed by atoms with E-state index in [1.807, 2.05) is 0 Å². The molecule has 0 aliphatic rings. The van der Waals surface area contributed by atoms with E-state index in [1.54, 1.807) is 0 Å². The predicted octanol–water partition coefficient (Wildman–Crippen LogP) is 3.64. The Labute approximate surface area is 72.7 Å². The van der Waals surface area contributed by atoms with Crippen molar-refractivity contribution >= 4 is 6.60 Å². The molecular weight excluding hydrogens is 151 g/mol. The summed E-state index contributed by atoms with van der Waals surface area (Å²) < 4.78 is 0. The maximum absolute atomic E-state index is 2.47. The molecule has 0 bridgehead atoms. The van der Waals surface area contributed by atoms with Gasteiger partial charge >= 0.3 is 72.0 Å². The molecule has 0 aromatic heterocycles. The zero-order valence-corrected chi connectivity index (χ0v) is 9.88. The first-order valence-corrected chi connectivity index (χ1v) is 9.02. The fourth-order valence-electron chi connectivity index (χ4n) is 1.17. The van der Waals surface area contributed by atoms with Gasteiger partial charge in [-0.15, -0.1) is 0 Å². The van der Waals surface area contributed by atoms with E-state index < -0.39 is 6.60 Å². The molecular formula is C10H25P. The van der Waals surface area contributed by atoms with Crippen molar-refractivity contribution in [3.05, 3.63) is 0 Å². The van der Waals surface area contributed by atoms with Crippen LogP contribution in [0.3, 0.4) is 0 Å². The van der Waals surface area contributed by atoms with Gasteiger partial charge in [0.2, 0.25) is 0 Å². The molecule has 0 saturated heterocycles. The molecule has 0 N–H and O–H groups in total. The zero-order valence-electron chi connectivity index (χ0n) is 8.98. The van der Waals surface area contributed by atoms with Crippen molar-refractivity contribution in [2.45, 2.75) is 32.6 Å². The molecule has 0 rings (SSSR count). The molecule has 0 aliphatic carbocycles. The first-order chi connectivity index (χ1) is 4.81. The Kier molecular flexibility index (Phi) is 4.05. The van der Waals surface area contributed by atoms with Gasteiger partial charge in [0.15, 0.2) is 0 Å². The first-order valence-electron chi connectivity index (χ1n) is 4.81. The van der Waals surface area contributed by atoms with Gasteiger partial charge in [-0.2, -0.15) is 0 Å². The van der Waals surface area contributed by atoms with Crippen LogP contribution in [0, 0.1) is 0 Å². The summed E-state index contributed by atoms with van der Waals surface area (Å²) in [5.74, 6) is 0. The molecule has 1 heteroatoms. The van der Waals surface area contributed by atoms with Crippen molar-refractivity contribution in [3.8, 4) is 0 Å². The van der Waals surface area contributed by atoms with Crippen LogP contribution in [0.15, 0.2) is 0 Å². The average molecular weight is 176 g/mol. The maximum atomic E-state index is 2.47. The fourth-order valence-corrected chi connectivity index (χ4v) is 2.66. The summed E-state index contributed by atoms with van der Waals surface area (Å²) in [6.07, 6.45) is 7.15. The molecule has 0 atom stereocenters. The van der Waals surface area contributed by atoms with E-state index in [1.165, 1.54) is 31.8 Å². The Morgan fingerprint density at radius 1 is 0.818 bits per heavy atom. The van der Waals surface area contributed by atoms with Gasteiger partial charge in [-0.25, -0.2) is 0 Å². The molecule has 0 radical (unpaired) electrons. The van der Waals surface area contributed by atoms with Gasteiger partial charge in [-0.05, 0) is 0 Å². The summed E-state index contributed by atoms with van der Waals surface area (Å²) >= 11 is 0. The quantitative estimate of drug-likeness (QED) is 0.443. The van der Waals surface area contributed by atoms with Gasteiger partial charge in [0, 0.05) is 0 Å². The fraction of sp³-hybridized carbons (Fsp3) is 1.00. The summed E-state index contributed by atoms with van der Waals surface area (Å²) in [7, 11) is 0. The third-order valence-corrected chi connectivity index (χ3v) is 4.01. The Morgan fingerprint density at radius 2 is 1.36 bits per heavy atom. The monoisotopic (exact) mass is 176 g/mol. The number of hydrogen-bond donors (Lipinski definition) is 0. The third kappa shape index (κ3) is 10.4. The van der Waals surface area contributed by atoms with E-state index in [0.29, 0.717) is 0 Å². The van der Waals surface area contributed by atoms with Gasteiger partial charge in [-0.3, -0.25) is 0 Å². The molecule has 0 amide bonds. The van der Waals surface area contributed by atoms with Crippen LogP contribution in [0.1, 0.15) is 32.6 Å². The van der Waals surface area contributed by atoms with E-state index in [9.17, 15) is 0 Å². The van der Waals surface area contributed by atoms with Crippen molar-refractivity contribution in [1.29, 1.82) is 0 Å². The Bertz CT molecular complexity index is 98.5. The van der Waals surface area contributed by atoms with E-state index in [4.69, 9.17) is 0 Å². The Morgan fingerprint density at radius 3 is 1.73 bits per heavy atom. The van der Waals surface area contributed by atoms with Crippen LogP contribution >= 0.6 is 6.60 Å². The Balaban J connectivity index is 3.40. The van der Waals surface area contributed by atoms with Gasteiger partial charge < -0.3 is 0 Å². The van der Waals surface area contributed by atoms with Crippen molar-refractivity contribution in [3.63, 3.8) is 0 Å². The average Bonchev–Trinajstić information content (AvgIpc) is 1.76. The van der Waals surface area contributed by atoms with E-state index >= 15 is 0 Å². The molecule has 0 heterocycles. The van der Waals surface area contributed by atoms with E-state index in [0.717, 1.165) is 0 Å². The van der Waals surface area contributed by atoms with Crippen LogP contribution in [0.4, 0.5) is 0 Å². The molecule has 0 aromatic rings. The topological polar surface area (TPSA) is 0 Å². The van der Waals surface area contributed by atoms with Crippen LogP contribution in [0.2, 0.25) is 0 Å². The van der Waals surface area contributed by atoms with Gasteiger partial charge in [-0.1, -0.05) is 0 Å². The molecule has 11 heavy (non-hydrogen) atoms. The second-order valence-electron chi connectivity index (χ2n) is 5.73. The minimum atomic E-state index is -1.16. The van der Waals surface area contributed by atoms with Crippen molar-refractivity contribution in [2.24, 2.45) is 0 Å². The SMILES string of the molecule is CCCCCCP(C)(C)(C)C.